The summed E-state index contributed by atoms with van der Waals surface area (Å²) in [6.45, 7) is 0.593. The van der Waals surface area contributed by atoms with Crippen molar-refractivity contribution in [1.82, 2.24) is 14.8 Å². The number of nitrogens with zero attached hydrogens (tertiary/aromatic N) is 2. The number of carboxylic acid groups (broad SMARTS) is 1. The number of fused-ring (bicyclic) bond motifs is 1. The lowest BCUT2D eigenvalue weighted by atomic mass is 10.1. The Bertz CT molecular complexity index is 1410. The van der Waals surface area contributed by atoms with Crippen LogP contribution in [0.4, 0.5) is 19.3 Å². The highest BCUT2D eigenvalue weighted by atomic mass is 35.5. The van der Waals surface area contributed by atoms with Crippen LogP contribution in [0.2, 0.25) is 5.02 Å². The summed E-state index contributed by atoms with van der Waals surface area (Å²) < 4.78 is 30.0. The SMILES string of the molecule is CC(=O)c1cn(CC(=O)N2C[C@H](F)C[C@@H]2C(=O)NCc2cccc(Cl)c2F)c2ccc(NC(=O)O)cc12. The maximum Gasteiger partial charge on any atom is 0.409 e. The molecule has 0 saturated carbocycles. The van der Waals surface area contributed by atoms with Crippen molar-refractivity contribution in [2.24, 2.45) is 0 Å². The van der Waals surface area contributed by atoms with Gasteiger partial charge in [0, 0.05) is 46.9 Å². The lowest BCUT2D eigenvalue weighted by Crippen LogP contribution is -2.46. The van der Waals surface area contributed by atoms with Crippen molar-refractivity contribution < 1.29 is 33.1 Å². The van der Waals surface area contributed by atoms with Crippen LogP contribution in [0.1, 0.15) is 29.3 Å². The van der Waals surface area contributed by atoms with Crippen molar-refractivity contribution in [2.75, 3.05) is 11.9 Å². The average Bonchev–Trinajstić information content (AvgIpc) is 3.40. The van der Waals surface area contributed by atoms with Crippen molar-refractivity contribution in [3.63, 3.8) is 0 Å². The second kappa shape index (κ2) is 10.6. The van der Waals surface area contributed by atoms with E-state index in [1.54, 1.807) is 6.07 Å². The number of anilines is 1. The Morgan fingerprint density at radius 1 is 1.19 bits per heavy atom. The largest absolute Gasteiger partial charge is 0.465 e. The molecule has 4 rings (SSSR count). The third-order valence-corrected chi connectivity index (χ3v) is 6.47. The van der Waals surface area contributed by atoms with E-state index in [4.69, 9.17) is 16.7 Å². The van der Waals surface area contributed by atoms with E-state index >= 15 is 0 Å². The molecule has 0 aliphatic carbocycles. The van der Waals surface area contributed by atoms with Gasteiger partial charge >= 0.3 is 6.09 Å². The fraction of sp³-hybridized carbons (Fsp3) is 0.280. The Morgan fingerprint density at radius 2 is 1.95 bits per heavy atom. The van der Waals surface area contributed by atoms with Gasteiger partial charge in [0.2, 0.25) is 11.8 Å². The molecular formula is C25H23ClF2N4O5. The molecule has 3 aromatic rings. The van der Waals surface area contributed by atoms with Crippen LogP contribution in [-0.2, 0) is 22.7 Å². The van der Waals surface area contributed by atoms with Gasteiger partial charge in [-0.1, -0.05) is 23.7 Å². The second-order valence-corrected chi connectivity index (χ2v) is 9.12. The molecule has 1 aliphatic heterocycles. The standard InChI is InChI=1S/C25H23ClF2N4O5/c1-13(33)18-11-31(20-6-5-16(8-17(18)20)30-25(36)37)12-22(34)32-10-15(27)7-21(32)24(35)29-9-14-3-2-4-19(26)23(14)28/h2-6,8,11,15,21,30H,7,9-10,12H2,1H3,(H,29,35)(H,36,37)/t15-,21-/m1/s1. The summed E-state index contributed by atoms with van der Waals surface area (Å²) in [5, 5.41) is 14.1. The predicted molar refractivity (Wildman–Crippen MR) is 132 cm³/mol. The van der Waals surface area contributed by atoms with Gasteiger partial charge in [0.05, 0.1) is 11.6 Å². The van der Waals surface area contributed by atoms with Gasteiger partial charge in [-0.25, -0.2) is 13.6 Å². The quantitative estimate of drug-likeness (QED) is 0.397. The van der Waals surface area contributed by atoms with E-state index in [9.17, 15) is 28.0 Å². The number of hydrogen-bond acceptors (Lipinski definition) is 4. The van der Waals surface area contributed by atoms with Crippen molar-refractivity contribution >= 4 is 51.9 Å². The highest BCUT2D eigenvalue weighted by molar-refractivity contribution is 6.30. The van der Waals surface area contributed by atoms with E-state index in [2.05, 4.69) is 10.6 Å². The number of carbonyl (C=O) groups is 4. The molecule has 9 nitrogen and oxygen atoms in total. The zero-order valence-electron chi connectivity index (χ0n) is 19.6. The summed E-state index contributed by atoms with van der Waals surface area (Å²) in [7, 11) is 0. The number of likely N-dealkylation sites (tertiary alicyclic amines) is 1. The van der Waals surface area contributed by atoms with E-state index in [1.165, 1.54) is 48.0 Å². The summed E-state index contributed by atoms with van der Waals surface area (Å²) in [4.78, 5) is 50.3. The zero-order valence-corrected chi connectivity index (χ0v) is 20.4. The number of aromatic nitrogens is 1. The summed E-state index contributed by atoms with van der Waals surface area (Å²) in [5.41, 5.74) is 1.17. The highest BCUT2D eigenvalue weighted by Gasteiger charge is 2.39. The maximum atomic E-state index is 14.3. The molecule has 2 aromatic carbocycles. The molecule has 2 atom stereocenters. The van der Waals surface area contributed by atoms with Crippen LogP contribution >= 0.6 is 11.6 Å². The number of hydrogen-bond donors (Lipinski definition) is 3. The molecule has 1 aliphatic rings. The fourth-order valence-electron chi connectivity index (χ4n) is 4.44. The first-order valence-corrected chi connectivity index (χ1v) is 11.7. The number of alkyl halides is 1. The average molecular weight is 533 g/mol. The molecule has 3 amide bonds. The van der Waals surface area contributed by atoms with E-state index < -0.39 is 35.9 Å². The first-order valence-electron chi connectivity index (χ1n) is 11.3. The number of nitrogens with one attached hydrogen (secondary N) is 2. The number of amides is 3. The van der Waals surface area contributed by atoms with Gasteiger partial charge < -0.3 is 19.9 Å². The summed E-state index contributed by atoms with van der Waals surface area (Å²) in [5.74, 6) is -2.14. The number of Topliss-reactive ketones (excluding diaryl/α,β-unsaturated/α-hetero) is 1. The number of carbonyl (C=O) groups excluding carboxylic acids is 3. The molecule has 37 heavy (non-hydrogen) atoms. The molecule has 1 aromatic heterocycles. The van der Waals surface area contributed by atoms with Crippen LogP contribution in [0.5, 0.6) is 0 Å². The molecule has 0 unspecified atom stereocenters. The highest BCUT2D eigenvalue weighted by Crippen LogP contribution is 2.27. The number of benzene rings is 2. The Hall–Kier alpha value is -3.99. The van der Waals surface area contributed by atoms with Crippen LogP contribution in [-0.4, -0.2) is 57.0 Å². The molecular weight excluding hydrogens is 510 g/mol. The lowest BCUT2D eigenvalue weighted by Gasteiger charge is -2.24. The minimum atomic E-state index is -1.42. The first kappa shape index (κ1) is 26.1. The van der Waals surface area contributed by atoms with Crippen molar-refractivity contribution in [1.29, 1.82) is 0 Å². The van der Waals surface area contributed by atoms with E-state index in [0.717, 1.165) is 4.90 Å². The molecule has 3 N–H and O–H groups in total. The Kier molecular flexibility index (Phi) is 7.44. The molecule has 0 bridgehead atoms. The van der Waals surface area contributed by atoms with Crippen LogP contribution in [0.25, 0.3) is 10.9 Å². The lowest BCUT2D eigenvalue weighted by molar-refractivity contribution is -0.139. The molecule has 0 radical (unpaired) electrons. The smallest absolute Gasteiger partial charge is 0.409 e. The second-order valence-electron chi connectivity index (χ2n) is 8.71. The summed E-state index contributed by atoms with van der Waals surface area (Å²) in [6.07, 6.45) is -1.42. The van der Waals surface area contributed by atoms with Crippen LogP contribution < -0.4 is 10.6 Å². The van der Waals surface area contributed by atoms with Crippen LogP contribution in [0, 0.1) is 5.82 Å². The number of halogens is 3. The van der Waals surface area contributed by atoms with Gasteiger partial charge in [0.15, 0.2) is 5.78 Å². The van der Waals surface area contributed by atoms with Crippen molar-refractivity contribution in [3.05, 3.63) is 64.6 Å². The monoisotopic (exact) mass is 532 g/mol. The van der Waals surface area contributed by atoms with Gasteiger partial charge in [-0.05, 0) is 31.2 Å². The molecule has 0 spiro atoms. The van der Waals surface area contributed by atoms with Crippen LogP contribution in [0.15, 0.2) is 42.6 Å². The zero-order chi connectivity index (χ0) is 26.9. The first-order chi connectivity index (χ1) is 17.5. The van der Waals surface area contributed by atoms with Crippen molar-refractivity contribution in [3.8, 4) is 0 Å². The van der Waals surface area contributed by atoms with Crippen molar-refractivity contribution in [2.45, 2.75) is 38.6 Å². The topological polar surface area (TPSA) is 121 Å². The third-order valence-electron chi connectivity index (χ3n) is 6.17. The van der Waals surface area contributed by atoms with Gasteiger partial charge in [-0.2, -0.15) is 0 Å². The Labute approximate surface area is 215 Å². The number of rotatable bonds is 7. The fourth-order valence-corrected chi connectivity index (χ4v) is 4.63. The van der Waals surface area contributed by atoms with E-state index in [0.29, 0.717) is 10.9 Å². The minimum Gasteiger partial charge on any atom is -0.465 e. The van der Waals surface area contributed by atoms with Gasteiger partial charge in [-0.3, -0.25) is 19.7 Å². The van der Waals surface area contributed by atoms with E-state index in [-0.39, 0.29) is 53.7 Å². The Morgan fingerprint density at radius 3 is 2.65 bits per heavy atom. The molecule has 1 fully saturated rings. The van der Waals surface area contributed by atoms with Gasteiger partial charge in [0.1, 0.15) is 24.6 Å². The molecule has 2 heterocycles. The maximum absolute atomic E-state index is 14.3. The minimum absolute atomic E-state index is 0.0945. The summed E-state index contributed by atoms with van der Waals surface area (Å²) in [6, 6.07) is 7.81. The number of ketones is 1. The van der Waals surface area contributed by atoms with E-state index in [1.807, 2.05) is 0 Å². The van der Waals surface area contributed by atoms with Crippen LogP contribution in [0.3, 0.4) is 0 Å². The van der Waals surface area contributed by atoms with Gasteiger partial charge in [-0.15, -0.1) is 0 Å². The normalized spacial score (nSPS) is 17.1. The molecule has 1 saturated heterocycles. The Balaban J connectivity index is 1.53. The predicted octanol–water partition coefficient (Wildman–Crippen LogP) is 3.98. The van der Waals surface area contributed by atoms with Gasteiger partial charge in [0.25, 0.3) is 0 Å². The molecule has 12 heteroatoms. The molecule has 194 valence electrons. The third kappa shape index (κ3) is 5.56. The summed E-state index contributed by atoms with van der Waals surface area (Å²) >= 11 is 5.77.